The molecule has 0 aromatic heterocycles. The van der Waals surface area contributed by atoms with Crippen molar-refractivity contribution in [2.24, 2.45) is 5.92 Å². The van der Waals surface area contributed by atoms with Gasteiger partial charge in [-0.2, -0.15) is 0 Å². The molecule has 1 saturated carbocycles. The summed E-state index contributed by atoms with van der Waals surface area (Å²) in [5, 5.41) is 3.12. The summed E-state index contributed by atoms with van der Waals surface area (Å²) in [6.45, 7) is 0.885. The molecule has 1 amide bonds. The normalized spacial score (nSPS) is 17.7. The minimum absolute atomic E-state index is 0.312. The molecule has 1 rings (SSSR count). The van der Waals surface area contributed by atoms with Gasteiger partial charge < -0.3 is 5.32 Å². The summed E-state index contributed by atoms with van der Waals surface area (Å²) >= 11 is 2.42. The third-order valence-corrected chi connectivity index (χ3v) is 4.35. The van der Waals surface area contributed by atoms with Crippen LogP contribution in [0.15, 0.2) is 0 Å². The Morgan fingerprint density at radius 1 is 1.00 bits per heavy atom. The van der Waals surface area contributed by atoms with E-state index in [9.17, 15) is 4.79 Å². The van der Waals surface area contributed by atoms with E-state index in [1.807, 2.05) is 0 Å². The summed E-state index contributed by atoms with van der Waals surface area (Å²) in [7, 11) is 0. The number of nitrogens with one attached hydrogen (secondary N) is 1. The lowest BCUT2D eigenvalue weighted by atomic mass is 9.99. The van der Waals surface area contributed by atoms with E-state index < -0.39 is 0 Å². The average Bonchev–Trinajstić information content (AvgIpc) is 2.62. The highest BCUT2D eigenvalue weighted by molar-refractivity contribution is 14.1. The monoisotopic (exact) mass is 351 g/mol. The summed E-state index contributed by atoms with van der Waals surface area (Å²) in [4.78, 5) is 11.9. The number of amides is 1. The maximum absolute atomic E-state index is 11.9. The second-order valence-corrected chi connectivity index (χ2v) is 6.16. The molecule has 1 aliphatic rings. The molecule has 3 heteroatoms. The van der Waals surface area contributed by atoms with Crippen molar-refractivity contribution in [1.29, 1.82) is 0 Å². The molecular formula is C14H26INO. The fourth-order valence-corrected chi connectivity index (χ4v) is 3.01. The maximum atomic E-state index is 11.9. The van der Waals surface area contributed by atoms with Crippen LogP contribution in [0, 0.1) is 5.92 Å². The zero-order chi connectivity index (χ0) is 12.3. The first-order valence-electron chi connectivity index (χ1n) is 7.18. The summed E-state index contributed by atoms with van der Waals surface area (Å²) in [6.07, 6.45) is 12.4. The average molecular weight is 351 g/mol. The van der Waals surface area contributed by atoms with Gasteiger partial charge in [0, 0.05) is 12.5 Å². The Morgan fingerprint density at radius 2 is 1.65 bits per heavy atom. The van der Waals surface area contributed by atoms with Gasteiger partial charge in [0.25, 0.3) is 0 Å². The topological polar surface area (TPSA) is 29.1 Å². The highest BCUT2D eigenvalue weighted by Crippen LogP contribution is 2.22. The Hall–Kier alpha value is 0.200. The molecule has 100 valence electrons. The molecule has 2 nitrogen and oxygen atoms in total. The molecule has 0 aromatic rings. The van der Waals surface area contributed by atoms with Crippen molar-refractivity contribution in [1.82, 2.24) is 5.32 Å². The molecule has 0 aromatic carbocycles. The standard InChI is InChI=1S/C14H26INO/c15-11-7-3-4-8-12-16-14(17)13-9-5-1-2-6-10-13/h13H,1-12H2,(H,16,17). The van der Waals surface area contributed by atoms with Gasteiger partial charge in [0.15, 0.2) is 0 Å². The summed E-state index contributed by atoms with van der Waals surface area (Å²) in [5.74, 6) is 0.632. The Kier molecular flexibility index (Phi) is 9.11. The van der Waals surface area contributed by atoms with Gasteiger partial charge in [-0.25, -0.2) is 0 Å². The summed E-state index contributed by atoms with van der Waals surface area (Å²) < 4.78 is 1.26. The number of unbranched alkanes of at least 4 members (excludes halogenated alkanes) is 3. The van der Waals surface area contributed by atoms with Crippen LogP contribution in [0.25, 0.3) is 0 Å². The molecule has 0 spiro atoms. The number of hydrogen-bond donors (Lipinski definition) is 1. The third-order valence-electron chi connectivity index (χ3n) is 3.59. The molecule has 0 atom stereocenters. The van der Waals surface area contributed by atoms with Crippen LogP contribution in [0.2, 0.25) is 0 Å². The largest absolute Gasteiger partial charge is 0.356 e. The van der Waals surface area contributed by atoms with Crippen LogP contribution >= 0.6 is 22.6 Å². The highest BCUT2D eigenvalue weighted by atomic mass is 127. The van der Waals surface area contributed by atoms with Gasteiger partial charge in [0.05, 0.1) is 0 Å². The van der Waals surface area contributed by atoms with Crippen molar-refractivity contribution < 1.29 is 4.79 Å². The van der Waals surface area contributed by atoms with E-state index in [0.717, 1.165) is 25.8 Å². The van der Waals surface area contributed by atoms with Crippen LogP contribution in [0.1, 0.15) is 64.2 Å². The molecule has 1 N–H and O–H groups in total. The number of halogens is 1. The van der Waals surface area contributed by atoms with E-state index in [1.54, 1.807) is 0 Å². The van der Waals surface area contributed by atoms with E-state index in [0.29, 0.717) is 11.8 Å². The van der Waals surface area contributed by atoms with Crippen LogP contribution in [-0.2, 0) is 4.79 Å². The van der Waals surface area contributed by atoms with Gasteiger partial charge in [-0.3, -0.25) is 4.79 Å². The SMILES string of the molecule is O=C(NCCCCCCI)C1CCCCCC1. The second kappa shape index (κ2) is 10.2. The first-order chi connectivity index (χ1) is 8.34. The molecule has 1 aliphatic carbocycles. The van der Waals surface area contributed by atoms with Gasteiger partial charge in [0.2, 0.25) is 5.91 Å². The predicted molar refractivity (Wildman–Crippen MR) is 81.6 cm³/mol. The van der Waals surface area contributed by atoms with Gasteiger partial charge in [-0.05, 0) is 30.1 Å². The molecule has 0 aliphatic heterocycles. The van der Waals surface area contributed by atoms with E-state index in [-0.39, 0.29) is 0 Å². The van der Waals surface area contributed by atoms with Gasteiger partial charge in [-0.1, -0.05) is 61.1 Å². The number of rotatable bonds is 7. The van der Waals surface area contributed by atoms with Crippen molar-refractivity contribution in [2.45, 2.75) is 64.2 Å². The fraction of sp³-hybridized carbons (Fsp3) is 0.929. The molecule has 0 radical (unpaired) electrons. The number of alkyl halides is 1. The van der Waals surface area contributed by atoms with Gasteiger partial charge >= 0.3 is 0 Å². The van der Waals surface area contributed by atoms with Gasteiger partial charge in [-0.15, -0.1) is 0 Å². The van der Waals surface area contributed by atoms with E-state index >= 15 is 0 Å². The smallest absolute Gasteiger partial charge is 0.223 e. The van der Waals surface area contributed by atoms with E-state index in [2.05, 4.69) is 27.9 Å². The molecular weight excluding hydrogens is 325 g/mol. The molecule has 0 heterocycles. The molecule has 0 saturated heterocycles. The van der Waals surface area contributed by atoms with Gasteiger partial charge in [0.1, 0.15) is 0 Å². The first-order valence-corrected chi connectivity index (χ1v) is 8.71. The fourth-order valence-electron chi connectivity index (χ4n) is 2.47. The Morgan fingerprint density at radius 3 is 2.29 bits per heavy atom. The van der Waals surface area contributed by atoms with Crippen LogP contribution < -0.4 is 5.32 Å². The van der Waals surface area contributed by atoms with Crippen LogP contribution in [0.3, 0.4) is 0 Å². The minimum Gasteiger partial charge on any atom is -0.356 e. The molecule has 1 fully saturated rings. The van der Waals surface area contributed by atoms with Crippen LogP contribution in [0.4, 0.5) is 0 Å². The zero-order valence-electron chi connectivity index (χ0n) is 10.8. The van der Waals surface area contributed by atoms with Crippen molar-refractivity contribution in [3.63, 3.8) is 0 Å². The molecule has 17 heavy (non-hydrogen) atoms. The minimum atomic E-state index is 0.312. The molecule has 0 unspecified atom stereocenters. The molecule has 0 bridgehead atoms. The Bertz CT molecular complexity index is 200. The quantitative estimate of drug-likeness (QED) is 0.319. The lowest BCUT2D eigenvalue weighted by molar-refractivity contribution is -0.125. The highest BCUT2D eigenvalue weighted by Gasteiger charge is 2.19. The predicted octanol–water partition coefficient (Wildman–Crippen LogP) is 4.07. The van der Waals surface area contributed by atoms with E-state index in [1.165, 1.54) is 49.4 Å². The van der Waals surface area contributed by atoms with Crippen molar-refractivity contribution in [2.75, 3.05) is 11.0 Å². The zero-order valence-corrected chi connectivity index (χ0v) is 13.0. The number of carbonyl (C=O) groups excluding carboxylic acids is 1. The Labute approximate surface area is 119 Å². The van der Waals surface area contributed by atoms with Crippen molar-refractivity contribution in [3.8, 4) is 0 Å². The third kappa shape index (κ3) is 7.27. The van der Waals surface area contributed by atoms with Crippen molar-refractivity contribution in [3.05, 3.63) is 0 Å². The van der Waals surface area contributed by atoms with Crippen LogP contribution in [-0.4, -0.2) is 16.9 Å². The van der Waals surface area contributed by atoms with Crippen LogP contribution in [0.5, 0.6) is 0 Å². The second-order valence-electron chi connectivity index (χ2n) is 5.08. The maximum Gasteiger partial charge on any atom is 0.223 e. The van der Waals surface area contributed by atoms with E-state index in [4.69, 9.17) is 0 Å². The van der Waals surface area contributed by atoms with Crippen molar-refractivity contribution >= 4 is 28.5 Å². The summed E-state index contributed by atoms with van der Waals surface area (Å²) in [5.41, 5.74) is 0. The lowest BCUT2D eigenvalue weighted by Crippen LogP contribution is -2.31. The summed E-state index contributed by atoms with van der Waals surface area (Å²) in [6, 6.07) is 0. The lowest BCUT2D eigenvalue weighted by Gasteiger charge is -2.13. The Balaban J connectivity index is 2.03. The first kappa shape index (κ1) is 15.3. The number of hydrogen-bond acceptors (Lipinski definition) is 1. The number of carbonyl (C=O) groups is 1.